The predicted octanol–water partition coefficient (Wildman–Crippen LogP) is 11.3. The standard InChI is InChI=1S/C31H32N2O6S.C25H26N2O7S/c1-31(2,3)32-30(34)33-40(35,36)29-20-24(22-11-16-26(38-5)17-12-22)13-18-28(29)39-27-8-6-7-23(19-27)21-9-14-25(37-4)15-10-21;1-25(2,3)26-24(30)27-35(31,32)22-15-18(23(28)29)10-13-21(22)34-20-7-5-6-17(14-20)16-8-11-19(33-4)12-9-16/h6-20H,1-5H3,(H2,32,33,34);5-15H,1-4H3,(H,28,29)(H2,26,27,30). The Balaban J connectivity index is 0.000000246. The summed E-state index contributed by atoms with van der Waals surface area (Å²) in [6.07, 6.45) is 0. The Labute approximate surface area is 436 Å². The van der Waals surface area contributed by atoms with Gasteiger partial charge in [-0.25, -0.2) is 40.7 Å². The monoisotopic (exact) mass is 1060 g/mol. The molecule has 7 aromatic carbocycles. The van der Waals surface area contributed by atoms with Gasteiger partial charge in [-0.3, -0.25) is 0 Å². The number of ether oxygens (including phenoxy) is 5. The fourth-order valence-electron chi connectivity index (χ4n) is 7.09. The summed E-state index contributed by atoms with van der Waals surface area (Å²) in [5, 5.41) is 14.4. The fourth-order valence-corrected chi connectivity index (χ4v) is 9.21. The van der Waals surface area contributed by atoms with Crippen molar-refractivity contribution in [1.82, 2.24) is 20.1 Å². The van der Waals surface area contributed by atoms with Crippen molar-refractivity contribution in [2.45, 2.75) is 62.4 Å². The van der Waals surface area contributed by atoms with Crippen molar-refractivity contribution in [2.75, 3.05) is 21.3 Å². The molecule has 7 aromatic rings. The van der Waals surface area contributed by atoms with Gasteiger partial charge in [0.05, 0.1) is 26.9 Å². The quantitative estimate of drug-likeness (QED) is 0.0644. The van der Waals surface area contributed by atoms with E-state index >= 15 is 0 Å². The first kappa shape index (κ1) is 55.8. The average Bonchev–Trinajstić information content (AvgIpc) is 3.35. The Morgan fingerprint density at radius 2 is 0.747 bits per heavy atom. The lowest BCUT2D eigenvalue weighted by Crippen LogP contribution is -2.48. The number of carboxylic acid groups (broad SMARTS) is 1. The molecule has 0 radical (unpaired) electrons. The van der Waals surface area contributed by atoms with Crippen LogP contribution < -0.4 is 43.8 Å². The third-order valence-electron chi connectivity index (χ3n) is 10.5. The van der Waals surface area contributed by atoms with Crippen LogP contribution in [0.15, 0.2) is 168 Å². The van der Waals surface area contributed by atoms with E-state index in [0.717, 1.165) is 39.6 Å². The zero-order valence-electron chi connectivity index (χ0n) is 42.7. The van der Waals surface area contributed by atoms with Crippen LogP contribution in [0.2, 0.25) is 0 Å². The van der Waals surface area contributed by atoms with Crippen LogP contribution in [0.3, 0.4) is 0 Å². The van der Waals surface area contributed by atoms with E-state index in [-0.39, 0.29) is 22.0 Å². The minimum Gasteiger partial charge on any atom is -0.497 e. The third-order valence-corrected chi connectivity index (χ3v) is 13.2. The third kappa shape index (κ3) is 15.7. The number of amides is 4. The van der Waals surface area contributed by atoms with E-state index in [9.17, 15) is 36.3 Å². The molecule has 0 aliphatic rings. The van der Waals surface area contributed by atoms with Crippen LogP contribution in [0.5, 0.6) is 40.2 Å². The number of nitrogens with one attached hydrogen (secondary N) is 4. The van der Waals surface area contributed by atoms with Crippen LogP contribution in [-0.4, -0.2) is 72.4 Å². The molecule has 0 aliphatic carbocycles. The van der Waals surface area contributed by atoms with Gasteiger partial charge in [-0.05, 0) is 166 Å². The number of hydrogen-bond donors (Lipinski definition) is 5. The SMILES string of the molecule is COc1ccc(-c2cccc(Oc3ccc(-c4ccc(OC)cc4)cc3S(=O)(=O)NC(=O)NC(C)(C)C)c2)cc1.COc1ccc(-c2cccc(Oc3ccc(C(=O)O)cc3S(=O)(=O)NC(=O)NC(C)(C)C)c2)cc1. The molecule has 0 heterocycles. The largest absolute Gasteiger partial charge is 0.497 e. The van der Waals surface area contributed by atoms with Crippen molar-refractivity contribution >= 4 is 38.1 Å². The maximum absolute atomic E-state index is 13.5. The molecule has 4 amide bonds. The normalized spacial score (nSPS) is 11.4. The summed E-state index contributed by atoms with van der Waals surface area (Å²) in [4.78, 5) is 35.5. The minimum atomic E-state index is -4.47. The highest BCUT2D eigenvalue weighted by Crippen LogP contribution is 2.36. The van der Waals surface area contributed by atoms with Gasteiger partial charge in [0, 0.05) is 11.1 Å². The molecule has 0 spiro atoms. The van der Waals surface area contributed by atoms with Crippen LogP contribution in [0.4, 0.5) is 9.59 Å². The number of hydrogen-bond acceptors (Lipinski definition) is 12. The number of carboxylic acids is 1. The van der Waals surface area contributed by atoms with Crippen molar-refractivity contribution < 1.29 is 60.0 Å². The van der Waals surface area contributed by atoms with Crippen molar-refractivity contribution in [2.24, 2.45) is 0 Å². The maximum atomic E-state index is 13.5. The molecule has 75 heavy (non-hydrogen) atoms. The van der Waals surface area contributed by atoms with Crippen LogP contribution in [-0.2, 0) is 20.0 Å². The van der Waals surface area contributed by atoms with Gasteiger partial charge in [-0.1, -0.05) is 66.7 Å². The molecular weight excluding hydrogens is 1000 g/mol. The molecule has 17 nitrogen and oxygen atoms in total. The zero-order chi connectivity index (χ0) is 54.7. The van der Waals surface area contributed by atoms with Gasteiger partial charge in [-0.15, -0.1) is 0 Å². The van der Waals surface area contributed by atoms with Crippen LogP contribution >= 0.6 is 0 Å². The van der Waals surface area contributed by atoms with Crippen molar-refractivity contribution in [1.29, 1.82) is 0 Å². The highest BCUT2D eigenvalue weighted by Gasteiger charge is 2.28. The van der Waals surface area contributed by atoms with Gasteiger partial charge >= 0.3 is 18.0 Å². The number of carbonyl (C=O) groups is 3. The molecule has 19 heteroatoms. The molecule has 7 rings (SSSR count). The van der Waals surface area contributed by atoms with Gasteiger partial charge in [0.25, 0.3) is 20.0 Å². The first-order valence-corrected chi connectivity index (χ1v) is 26.0. The highest BCUT2D eigenvalue weighted by molar-refractivity contribution is 7.90. The Kier molecular flexibility index (Phi) is 17.5. The lowest BCUT2D eigenvalue weighted by atomic mass is 10.1. The highest BCUT2D eigenvalue weighted by atomic mass is 32.2. The number of carbonyl (C=O) groups excluding carboxylic acids is 2. The Morgan fingerprint density at radius 3 is 1.09 bits per heavy atom. The topological polar surface area (TPSA) is 234 Å². The first-order valence-electron chi connectivity index (χ1n) is 23.1. The zero-order valence-corrected chi connectivity index (χ0v) is 44.3. The molecular formula is C56H58N4O13S2. The second-order valence-electron chi connectivity index (χ2n) is 18.7. The number of urea groups is 2. The molecule has 0 saturated heterocycles. The van der Waals surface area contributed by atoms with Crippen LogP contribution in [0.25, 0.3) is 33.4 Å². The molecule has 0 aromatic heterocycles. The van der Waals surface area contributed by atoms with E-state index in [1.165, 1.54) is 18.2 Å². The smallest absolute Gasteiger partial charge is 0.335 e. The predicted molar refractivity (Wildman–Crippen MR) is 286 cm³/mol. The number of methoxy groups -OCH3 is 3. The molecule has 392 valence electrons. The second-order valence-corrected chi connectivity index (χ2v) is 22.0. The van der Waals surface area contributed by atoms with E-state index in [4.69, 9.17) is 23.7 Å². The lowest BCUT2D eigenvalue weighted by Gasteiger charge is -2.21. The summed E-state index contributed by atoms with van der Waals surface area (Å²) in [5.74, 6) is 1.47. The number of benzene rings is 7. The molecule has 0 atom stereocenters. The van der Waals surface area contributed by atoms with Crippen LogP contribution in [0.1, 0.15) is 51.9 Å². The summed E-state index contributed by atoms with van der Waals surface area (Å²) in [7, 11) is -4.04. The number of aromatic carboxylic acids is 1. The van der Waals surface area contributed by atoms with Gasteiger partial charge < -0.3 is 39.4 Å². The van der Waals surface area contributed by atoms with Gasteiger partial charge in [0.2, 0.25) is 0 Å². The summed E-state index contributed by atoms with van der Waals surface area (Å²) in [5.41, 5.74) is 3.29. The molecule has 0 unspecified atom stereocenters. The van der Waals surface area contributed by atoms with E-state index in [1.807, 2.05) is 89.7 Å². The molecule has 0 fully saturated rings. The summed E-state index contributed by atoms with van der Waals surface area (Å²) >= 11 is 0. The van der Waals surface area contributed by atoms with Crippen LogP contribution in [0, 0.1) is 0 Å². The van der Waals surface area contributed by atoms with E-state index in [0.29, 0.717) is 28.6 Å². The maximum Gasteiger partial charge on any atom is 0.335 e. The van der Waals surface area contributed by atoms with Crippen molar-refractivity contribution in [3.05, 3.63) is 163 Å². The molecule has 0 bridgehead atoms. The fraction of sp³-hybridized carbons (Fsp3) is 0.196. The van der Waals surface area contributed by atoms with Crippen molar-refractivity contribution in [3.8, 4) is 73.6 Å². The molecule has 0 aliphatic heterocycles. The van der Waals surface area contributed by atoms with Gasteiger partial charge in [0.1, 0.15) is 50.0 Å². The average molecular weight is 1060 g/mol. The van der Waals surface area contributed by atoms with Crippen molar-refractivity contribution in [3.63, 3.8) is 0 Å². The Hall–Kier alpha value is -8.55. The number of rotatable bonds is 15. The van der Waals surface area contributed by atoms with E-state index < -0.39 is 54.1 Å². The van der Waals surface area contributed by atoms with Gasteiger partial charge in [-0.2, -0.15) is 0 Å². The summed E-state index contributed by atoms with van der Waals surface area (Å²) < 4.78 is 84.6. The Bertz CT molecular complexity index is 3390. The van der Waals surface area contributed by atoms with E-state index in [1.54, 1.807) is 111 Å². The van der Waals surface area contributed by atoms with E-state index in [2.05, 4.69) is 15.4 Å². The summed E-state index contributed by atoms with van der Waals surface area (Å²) in [6, 6.07) is 42.8. The summed E-state index contributed by atoms with van der Waals surface area (Å²) in [6.45, 7) is 10.3. The number of sulfonamides is 2. The van der Waals surface area contributed by atoms with Gasteiger partial charge in [0.15, 0.2) is 0 Å². The Morgan fingerprint density at radius 1 is 0.413 bits per heavy atom. The molecule has 5 N–H and O–H groups in total. The minimum absolute atomic E-state index is 0.0696. The second kappa shape index (κ2) is 23.5. The lowest BCUT2D eigenvalue weighted by molar-refractivity contribution is 0.0696. The molecule has 0 saturated carbocycles. The first-order chi connectivity index (χ1) is 35.3.